The molecule has 27 heavy (non-hydrogen) atoms. The maximum absolute atomic E-state index is 12.0. The molecule has 0 unspecified atom stereocenters. The van der Waals surface area contributed by atoms with Gasteiger partial charge in [0.2, 0.25) is 0 Å². The molecule has 0 saturated carbocycles. The highest BCUT2D eigenvalue weighted by Crippen LogP contribution is 2.25. The Morgan fingerprint density at radius 2 is 2.11 bits per heavy atom. The molecule has 0 aliphatic rings. The van der Waals surface area contributed by atoms with Crippen molar-refractivity contribution in [3.8, 4) is 0 Å². The van der Waals surface area contributed by atoms with E-state index in [-0.39, 0.29) is 5.56 Å². The number of pyridine rings is 1. The first kappa shape index (κ1) is 18.4. The van der Waals surface area contributed by atoms with E-state index in [0.717, 1.165) is 11.3 Å². The number of aryl methyl sites for hydroxylation is 1. The zero-order valence-electron chi connectivity index (χ0n) is 15.7. The van der Waals surface area contributed by atoms with Gasteiger partial charge in [-0.05, 0) is 41.7 Å². The van der Waals surface area contributed by atoms with Gasteiger partial charge in [0.05, 0.1) is 11.9 Å². The van der Waals surface area contributed by atoms with Crippen molar-refractivity contribution in [2.75, 3.05) is 10.6 Å². The fraction of sp³-hybridized carbons (Fsp3) is 0.250. The molecule has 0 spiro atoms. The summed E-state index contributed by atoms with van der Waals surface area (Å²) in [5.74, 6) is 0.741. The molecule has 1 amide bonds. The van der Waals surface area contributed by atoms with Crippen LogP contribution in [-0.2, 0) is 6.54 Å². The lowest BCUT2D eigenvalue weighted by Crippen LogP contribution is -2.15. The van der Waals surface area contributed by atoms with Gasteiger partial charge in [0.25, 0.3) is 5.91 Å². The van der Waals surface area contributed by atoms with E-state index in [9.17, 15) is 4.79 Å². The number of nitrogens with two attached hydrogens (primary N) is 1. The van der Waals surface area contributed by atoms with Gasteiger partial charge >= 0.3 is 0 Å². The number of carbonyl (C=O) groups excluding carboxylic acids is 1. The Hall–Kier alpha value is -3.35. The van der Waals surface area contributed by atoms with Gasteiger partial charge in [-0.1, -0.05) is 32.0 Å². The number of benzene rings is 1. The number of aromatic amines is 1. The van der Waals surface area contributed by atoms with E-state index in [4.69, 9.17) is 5.73 Å². The summed E-state index contributed by atoms with van der Waals surface area (Å²) in [6.07, 6.45) is 3.33. The predicted molar refractivity (Wildman–Crippen MR) is 107 cm³/mol. The summed E-state index contributed by atoms with van der Waals surface area (Å²) in [4.78, 5) is 16.0. The van der Waals surface area contributed by atoms with Crippen molar-refractivity contribution in [1.29, 1.82) is 0 Å². The van der Waals surface area contributed by atoms with Gasteiger partial charge in [-0.25, -0.2) is 0 Å². The molecular formula is C20H24N6O. The normalized spacial score (nSPS) is 10.8. The van der Waals surface area contributed by atoms with E-state index in [0.29, 0.717) is 24.1 Å². The van der Waals surface area contributed by atoms with Crippen molar-refractivity contribution in [2.45, 2.75) is 33.2 Å². The summed E-state index contributed by atoms with van der Waals surface area (Å²) in [5.41, 5.74) is 10.2. The molecule has 2 aromatic heterocycles. The van der Waals surface area contributed by atoms with Crippen molar-refractivity contribution in [3.05, 3.63) is 65.0 Å². The van der Waals surface area contributed by atoms with Crippen LogP contribution in [0, 0.1) is 6.92 Å². The molecule has 3 aromatic rings. The van der Waals surface area contributed by atoms with Gasteiger partial charge in [0.15, 0.2) is 5.82 Å². The zero-order valence-corrected chi connectivity index (χ0v) is 15.7. The molecule has 140 valence electrons. The lowest BCUT2D eigenvalue weighted by atomic mass is 9.98. The van der Waals surface area contributed by atoms with Crippen LogP contribution in [0.1, 0.15) is 46.8 Å². The minimum atomic E-state index is -0.565. The van der Waals surface area contributed by atoms with Crippen LogP contribution in [0.3, 0.4) is 0 Å². The molecule has 3 rings (SSSR count). The zero-order chi connectivity index (χ0) is 19.4. The number of nitrogens with one attached hydrogen (secondary N) is 3. The van der Waals surface area contributed by atoms with E-state index in [1.54, 1.807) is 18.5 Å². The van der Waals surface area contributed by atoms with Crippen LogP contribution in [0.2, 0.25) is 0 Å². The third-order valence-electron chi connectivity index (χ3n) is 4.43. The van der Waals surface area contributed by atoms with Crippen LogP contribution in [0.5, 0.6) is 0 Å². The summed E-state index contributed by atoms with van der Waals surface area (Å²) in [6.45, 7) is 6.94. The van der Waals surface area contributed by atoms with Crippen LogP contribution < -0.4 is 16.4 Å². The number of amides is 1. The number of nitrogens with zero attached hydrogens (tertiary/aromatic N) is 2. The fourth-order valence-corrected chi connectivity index (χ4v) is 2.80. The Balaban J connectivity index is 1.81. The van der Waals surface area contributed by atoms with Gasteiger partial charge < -0.3 is 16.4 Å². The summed E-state index contributed by atoms with van der Waals surface area (Å²) < 4.78 is 0. The number of carbonyl (C=O) groups is 1. The molecule has 0 aliphatic carbocycles. The molecular weight excluding hydrogens is 340 g/mol. The largest absolute Gasteiger partial charge is 0.365 e. The van der Waals surface area contributed by atoms with Crippen LogP contribution in [0.25, 0.3) is 0 Å². The highest BCUT2D eigenvalue weighted by Gasteiger charge is 2.19. The molecule has 0 aliphatic heterocycles. The van der Waals surface area contributed by atoms with Gasteiger partial charge in [0.1, 0.15) is 11.4 Å². The molecule has 0 fully saturated rings. The SMILES string of the molecule is Cc1ccc(C(C)C)cc1CNc1n[nH]c(Nc2cccnc2)c1C(N)=O. The number of H-pyrrole nitrogens is 1. The maximum Gasteiger partial charge on any atom is 0.256 e. The molecule has 7 nitrogen and oxygen atoms in total. The molecule has 0 atom stereocenters. The third kappa shape index (κ3) is 4.25. The van der Waals surface area contributed by atoms with Crippen molar-refractivity contribution in [3.63, 3.8) is 0 Å². The van der Waals surface area contributed by atoms with Crippen LogP contribution in [0.4, 0.5) is 17.3 Å². The summed E-state index contributed by atoms with van der Waals surface area (Å²) in [7, 11) is 0. The number of hydrogen-bond acceptors (Lipinski definition) is 5. The molecule has 0 radical (unpaired) electrons. The van der Waals surface area contributed by atoms with Gasteiger partial charge in [-0.3, -0.25) is 14.9 Å². The lowest BCUT2D eigenvalue weighted by molar-refractivity contribution is 0.100. The number of hydrogen-bond donors (Lipinski definition) is 4. The lowest BCUT2D eigenvalue weighted by Gasteiger charge is -2.12. The Morgan fingerprint density at radius 1 is 1.30 bits per heavy atom. The monoisotopic (exact) mass is 364 g/mol. The first-order chi connectivity index (χ1) is 13.0. The standard InChI is InChI=1S/C20H24N6O/c1-12(2)14-7-6-13(3)15(9-14)10-23-19-17(18(21)27)20(26-25-19)24-16-5-4-8-22-11-16/h4-9,11-12H,10H2,1-3H3,(H2,21,27)(H3,23,24,25,26). The Kier molecular flexibility index (Phi) is 5.40. The summed E-state index contributed by atoms with van der Waals surface area (Å²) in [5, 5.41) is 13.4. The van der Waals surface area contributed by atoms with Crippen molar-refractivity contribution in [2.24, 2.45) is 5.73 Å². The summed E-state index contributed by atoms with van der Waals surface area (Å²) >= 11 is 0. The van der Waals surface area contributed by atoms with E-state index in [2.05, 4.69) is 64.8 Å². The highest BCUT2D eigenvalue weighted by atomic mass is 16.1. The minimum Gasteiger partial charge on any atom is -0.365 e. The maximum atomic E-state index is 12.0. The number of aromatic nitrogens is 3. The van der Waals surface area contributed by atoms with E-state index in [1.807, 2.05) is 6.07 Å². The molecule has 5 N–H and O–H groups in total. The smallest absolute Gasteiger partial charge is 0.256 e. The molecule has 0 bridgehead atoms. The molecule has 1 aromatic carbocycles. The third-order valence-corrected chi connectivity index (χ3v) is 4.43. The first-order valence-corrected chi connectivity index (χ1v) is 8.84. The highest BCUT2D eigenvalue weighted by molar-refractivity contribution is 6.03. The average molecular weight is 364 g/mol. The van der Waals surface area contributed by atoms with Gasteiger partial charge in [0, 0.05) is 12.7 Å². The number of rotatable bonds is 7. The Labute approximate surface area is 158 Å². The quantitative estimate of drug-likeness (QED) is 0.511. The molecule has 7 heteroatoms. The predicted octanol–water partition coefficient (Wildman–Crippen LogP) is 3.69. The van der Waals surface area contributed by atoms with E-state index >= 15 is 0 Å². The molecule has 0 saturated heterocycles. The van der Waals surface area contributed by atoms with Crippen molar-refractivity contribution in [1.82, 2.24) is 15.2 Å². The second-order valence-electron chi connectivity index (χ2n) is 6.75. The first-order valence-electron chi connectivity index (χ1n) is 8.84. The number of anilines is 3. The fourth-order valence-electron chi connectivity index (χ4n) is 2.80. The molecule has 2 heterocycles. The second-order valence-corrected chi connectivity index (χ2v) is 6.75. The van der Waals surface area contributed by atoms with Gasteiger partial charge in [-0.2, -0.15) is 5.10 Å². The van der Waals surface area contributed by atoms with Crippen molar-refractivity contribution >= 4 is 23.2 Å². The van der Waals surface area contributed by atoms with Crippen LogP contribution >= 0.6 is 0 Å². The van der Waals surface area contributed by atoms with Gasteiger partial charge in [-0.15, -0.1) is 0 Å². The van der Waals surface area contributed by atoms with Crippen LogP contribution in [0.15, 0.2) is 42.7 Å². The Bertz CT molecular complexity index is 933. The van der Waals surface area contributed by atoms with Crippen LogP contribution in [-0.4, -0.2) is 21.1 Å². The van der Waals surface area contributed by atoms with Crippen molar-refractivity contribution < 1.29 is 4.79 Å². The number of primary amides is 1. The van der Waals surface area contributed by atoms with E-state index < -0.39 is 5.91 Å². The minimum absolute atomic E-state index is 0.288. The second kappa shape index (κ2) is 7.90. The summed E-state index contributed by atoms with van der Waals surface area (Å²) in [6, 6.07) is 10.1. The van der Waals surface area contributed by atoms with E-state index in [1.165, 1.54) is 11.1 Å². The topological polar surface area (TPSA) is 109 Å². The average Bonchev–Trinajstić information content (AvgIpc) is 3.04. The Morgan fingerprint density at radius 3 is 2.78 bits per heavy atom.